The molecule has 0 aliphatic rings. The number of hydrogen-bond acceptors (Lipinski definition) is 7. The van der Waals surface area contributed by atoms with Gasteiger partial charge in [-0.1, -0.05) is 13.8 Å². The number of rotatable bonds is 6. The Morgan fingerprint density at radius 1 is 1.08 bits per heavy atom. The van der Waals surface area contributed by atoms with Crippen LogP contribution in [0.3, 0.4) is 0 Å². The van der Waals surface area contributed by atoms with Crippen molar-refractivity contribution in [3.8, 4) is 0 Å². The first kappa shape index (κ1) is 18.2. The average molecular weight is 374 g/mol. The first-order chi connectivity index (χ1) is 12.0. The van der Waals surface area contributed by atoms with Crippen LogP contribution in [0.1, 0.15) is 35.8 Å². The minimum Gasteiger partial charge on any atom is -0.296 e. The van der Waals surface area contributed by atoms with E-state index in [0.717, 1.165) is 51.6 Å². The van der Waals surface area contributed by atoms with Crippen molar-refractivity contribution in [1.82, 2.24) is 24.8 Å². The van der Waals surface area contributed by atoms with Crippen molar-refractivity contribution in [3.63, 3.8) is 0 Å². The summed E-state index contributed by atoms with van der Waals surface area (Å²) in [6.07, 6.45) is 1.80. The van der Waals surface area contributed by atoms with Crippen LogP contribution < -0.4 is 0 Å². The van der Waals surface area contributed by atoms with Gasteiger partial charge in [-0.2, -0.15) is 0 Å². The molecule has 0 atom stereocenters. The first-order valence-electron chi connectivity index (χ1n) is 8.48. The van der Waals surface area contributed by atoms with Crippen LogP contribution in [0.4, 0.5) is 0 Å². The highest BCUT2D eigenvalue weighted by Crippen LogP contribution is 2.37. The van der Waals surface area contributed by atoms with E-state index in [2.05, 4.69) is 42.6 Å². The monoisotopic (exact) mass is 373 g/mol. The van der Waals surface area contributed by atoms with E-state index in [1.807, 2.05) is 13.0 Å². The Morgan fingerprint density at radius 3 is 2.52 bits per heavy atom. The fourth-order valence-electron chi connectivity index (χ4n) is 2.61. The number of aryl methyl sites for hydroxylation is 3. The van der Waals surface area contributed by atoms with E-state index in [0.29, 0.717) is 0 Å². The zero-order chi connectivity index (χ0) is 18.0. The molecule has 3 aromatic rings. The Kier molecular flexibility index (Phi) is 5.66. The van der Waals surface area contributed by atoms with Crippen molar-refractivity contribution in [2.24, 2.45) is 0 Å². The number of hydrogen-bond donors (Lipinski definition) is 0. The maximum atomic E-state index is 4.87. The molecule has 0 radical (unpaired) electrons. The normalized spacial score (nSPS) is 11.6. The quantitative estimate of drug-likeness (QED) is 0.471. The predicted octanol–water partition coefficient (Wildman–Crippen LogP) is 4.40. The maximum Gasteiger partial charge on any atom is 0.194 e. The van der Waals surface area contributed by atoms with Crippen molar-refractivity contribution in [2.75, 3.05) is 13.1 Å². The molecule has 0 aliphatic carbocycles. The number of nitrogens with zero attached hydrogens (tertiary/aromatic N) is 5. The van der Waals surface area contributed by atoms with E-state index >= 15 is 0 Å². The molecule has 0 saturated heterocycles. The molecule has 3 aromatic heterocycles. The van der Waals surface area contributed by atoms with E-state index in [4.69, 9.17) is 9.97 Å². The third-order valence-electron chi connectivity index (χ3n) is 4.26. The molecule has 3 rings (SSSR count). The van der Waals surface area contributed by atoms with Gasteiger partial charge in [0.25, 0.3) is 0 Å². The molecular formula is C18H23N5S2. The van der Waals surface area contributed by atoms with Crippen LogP contribution in [-0.4, -0.2) is 37.9 Å². The molecule has 0 N–H and O–H groups in total. The van der Waals surface area contributed by atoms with Gasteiger partial charge in [-0.3, -0.25) is 4.90 Å². The highest BCUT2D eigenvalue weighted by Gasteiger charge is 2.17. The van der Waals surface area contributed by atoms with E-state index in [-0.39, 0.29) is 0 Å². The minimum atomic E-state index is 0.733. The molecule has 0 bridgehead atoms. The zero-order valence-corrected chi connectivity index (χ0v) is 17.0. The van der Waals surface area contributed by atoms with Crippen LogP contribution in [-0.2, 0) is 6.54 Å². The van der Waals surface area contributed by atoms with Crippen LogP contribution in [0.15, 0.2) is 22.4 Å². The van der Waals surface area contributed by atoms with Crippen LogP contribution in [0, 0.1) is 20.8 Å². The lowest BCUT2D eigenvalue weighted by molar-refractivity contribution is 0.288. The Bertz CT molecular complexity index is 887. The Hall–Kier alpha value is -1.57. The van der Waals surface area contributed by atoms with Gasteiger partial charge in [0.05, 0.1) is 6.54 Å². The minimum absolute atomic E-state index is 0.733. The smallest absolute Gasteiger partial charge is 0.194 e. The second-order valence-electron chi connectivity index (χ2n) is 5.95. The van der Waals surface area contributed by atoms with Crippen molar-refractivity contribution in [3.05, 3.63) is 34.2 Å². The van der Waals surface area contributed by atoms with Gasteiger partial charge >= 0.3 is 0 Å². The molecule has 3 heterocycles. The van der Waals surface area contributed by atoms with Crippen molar-refractivity contribution in [2.45, 2.75) is 51.3 Å². The van der Waals surface area contributed by atoms with Gasteiger partial charge in [0.1, 0.15) is 15.7 Å². The van der Waals surface area contributed by atoms with E-state index in [9.17, 15) is 0 Å². The van der Waals surface area contributed by atoms with Gasteiger partial charge in [0.2, 0.25) is 0 Å². The number of thiophene rings is 1. The van der Waals surface area contributed by atoms with Gasteiger partial charge in [0.15, 0.2) is 5.16 Å². The van der Waals surface area contributed by atoms with Crippen LogP contribution in [0.2, 0.25) is 0 Å². The van der Waals surface area contributed by atoms with Crippen molar-refractivity contribution in [1.29, 1.82) is 0 Å². The zero-order valence-electron chi connectivity index (χ0n) is 15.3. The largest absolute Gasteiger partial charge is 0.296 e. The van der Waals surface area contributed by atoms with E-state index in [1.54, 1.807) is 17.5 Å². The fraction of sp³-hybridized carbons (Fsp3) is 0.444. The Morgan fingerprint density at radius 2 is 1.84 bits per heavy atom. The summed E-state index contributed by atoms with van der Waals surface area (Å²) in [7, 11) is 0. The summed E-state index contributed by atoms with van der Waals surface area (Å²) in [6.45, 7) is 13.3. The van der Waals surface area contributed by atoms with Gasteiger partial charge in [-0.05, 0) is 57.3 Å². The summed E-state index contributed by atoms with van der Waals surface area (Å²) < 4.78 is 0. The van der Waals surface area contributed by atoms with Gasteiger partial charge in [0, 0.05) is 22.2 Å². The standard InChI is InChI=1S/C18H23N5S2/c1-6-23(7-2)10-14-21-16-15(12(4)13(5)24-16)17(22-14)25-18-19-9-8-11(3)20-18/h8-9H,6-7,10H2,1-5H3. The average Bonchev–Trinajstić information content (AvgIpc) is 2.87. The molecule has 0 aromatic carbocycles. The van der Waals surface area contributed by atoms with Gasteiger partial charge in [-0.15, -0.1) is 11.3 Å². The molecule has 5 nitrogen and oxygen atoms in total. The molecule has 0 unspecified atom stereocenters. The number of fused-ring (bicyclic) bond motifs is 1. The molecule has 132 valence electrons. The van der Waals surface area contributed by atoms with Gasteiger partial charge < -0.3 is 0 Å². The van der Waals surface area contributed by atoms with Crippen LogP contribution >= 0.6 is 23.1 Å². The molecular weight excluding hydrogens is 350 g/mol. The topological polar surface area (TPSA) is 54.8 Å². The summed E-state index contributed by atoms with van der Waals surface area (Å²) in [5, 5.41) is 2.83. The SMILES string of the molecule is CCN(CC)Cc1nc(Sc2nccc(C)n2)c2c(C)c(C)sc2n1. The molecule has 0 saturated carbocycles. The molecule has 0 aliphatic heterocycles. The second kappa shape index (κ2) is 7.76. The summed E-state index contributed by atoms with van der Waals surface area (Å²) in [6, 6.07) is 1.91. The summed E-state index contributed by atoms with van der Waals surface area (Å²) >= 11 is 3.27. The summed E-state index contributed by atoms with van der Waals surface area (Å²) in [5.41, 5.74) is 2.22. The summed E-state index contributed by atoms with van der Waals surface area (Å²) in [4.78, 5) is 23.3. The van der Waals surface area contributed by atoms with E-state index < -0.39 is 0 Å². The van der Waals surface area contributed by atoms with Crippen molar-refractivity contribution >= 4 is 33.3 Å². The Labute approximate surface area is 156 Å². The molecule has 7 heteroatoms. The van der Waals surface area contributed by atoms with Crippen LogP contribution in [0.5, 0.6) is 0 Å². The molecule has 0 fully saturated rings. The lowest BCUT2D eigenvalue weighted by atomic mass is 10.2. The lowest BCUT2D eigenvalue weighted by Gasteiger charge is -2.17. The van der Waals surface area contributed by atoms with Crippen molar-refractivity contribution < 1.29 is 0 Å². The third-order valence-corrected chi connectivity index (χ3v) is 6.23. The predicted molar refractivity (Wildman–Crippen MR) is 104 cm³/mol. The lowest BCUT2D eigenvalue weighted by Crippen LogP contribution is -2.23. The summed E-state index contributed by atoms with van der Waals surface area (Å²) in [5.74, 6) is 0.868. The highest BCUT2D eigenvalue weighted by atomic mass is 32.2. The maximum absolute atomic E-state index is 4.87. The second-order valence-corrected chi connectivity index (χ2v) is 8.11. The van der Waals surface area contributed by atoms with Gasteiger partial charge in [-0.25, -0.2) is 19.9 Å². The Balaban J connectivity index is 2.07. The fourth-order valence-corrected chi connectivity index (χ4v) is 4.70. The molecule has 25 heavy (non-hydrogen) atoms. The molecule has 0 amide bonds. The molecule has 0 spiro atoms. The first-order valence-corrected chi connectivity index (χ1v) is 10.1. The van der Waals surface area contributed by atoms with Crippen LogP contribution in [0.25, 0.3) is 10.2 Å². The van der Waals surface area contributed by atoms with E-state index in [1.165, 1.54) is 22.2 Å². The third kappa shape index (κ3) is 3.99. The highest BCUT2D eigenvalue weighted by molar-refractivity contribution is 7.99. The number of aromatic nitrogens is 4.